The molecular weight excluding hydrogens is 300 g/mol. The predicted octanol–water partition coefficient (Wildman–Crippen LogP) is 2.53. The molecule has 0 fully saturated rings. The Bertz CT molecular complexity index is 776. The highest BCUT2D eigenvalue weighted by Crippen LogP contribution is 2.25. The second-order valence-electron chi connectivity index (χ2n) is 4.41. The minimum atomic E-state index is -4.01. The molecule has 2 N–H and O–H groups in total. The van der Waals surface area contributed by atoms with Crippen molar-refractivity contribution in [1.82, 2.24) is 0 Å². The number of nitrogens with two attached hydrogens (primary N) is 1. The minimum absolute atomic E-state index is 0.268. The van der Waals surface area contributed by atoms with Gasteiger partial charge in [0.15, 0.2) is 9.84 Å². The molecule has 0 radical (unpaired) electrons. The lowest BCUT2D eigenvalue weighted by Crippen LogP contribution is -2.08. The molecule has 0 aliphatic rings. The van der Waals surface area contributed by atoms with Crippen LogP contribution in [0.15, 0.2) is 41.3 Å². The van der Waals surface area contributed by atoms with E-state index in [1.165, 1.54) is 25.3 Å². The smallest absolute Gasteiger partial charge is 0.185 e. The fourth-order valence-electron chi connectivity index (χ4n) is 1.89. The molecule has 7 heteroatoms. The Morgan fingerprint density at radius 2 is 1.86 bits per heavy atom. The molecule has 0 spiro atoms. The second-order valence-corrected chi connectivity index (χ2v) is 6.37. The van der Waals surface area contributed by atoms with Gasteiger partial charge in [-0.2, -0.15) is 0 Å². The molecular formula is C14H13F2NO3S. The van der Waals surface area contributed by atoms with Crippen LogP contribution in [0.25, 0.3) is 0 Å². The van der Waals surface area contributed by atoms with Gasteiger partial charge in [-0.3, -0.25) is 0 Å². The van der Waals surface area contributed by atoms with Crippen LogP contribution in [0.2, 0.25) is 0 Å². The molecule has 0 aliphatic carbocycles. The summed E-state index contributed by atoms with van der Waals surface area (Å²) in [4.78, 5) is -0.670. The van der Waals surface area contributed by atoms with E-state index in [0.29, 0.717) is 17.4 Å². The van der Waals surface area contributed by atoms with E-state index >= 15 is 0 Å². The maximum absolute atomic E-state index is 13.6. The second kappa shape index (κ2) is 5.69. The van der Waals surface area contributed by atoms with Crippen LogP contribution in [0.3, 0.4) is 0 Å². The van der Waals surface area contributed by atoms with Crippen LogP contribution in [-0.4, -0.2) is 15.5 Å². The summed E-state index contributed by atoms with van der Waals surface area (Å²) < 4.78 is 56.0. The van der Waals surface area contributed by atoms with Crippen LogP contribution in [0.5, 0.6) is 5.75 Å². The van der Waals surface area contributed by atoms with Gasteiger partial charge in [-0.1, -0.05) is 6.07 Å². The highest BCUT2D eigenvalue weighted by Gasteiger charge is 2.21. The fourth-order valence-corrected chi connectivity index (χ4v) is 3.32. The van der Waals surface area contributed by atoms with Gasteiger partial charge in [0, 0.05) is 0 Å². The summed E-state index contributed by atoms with van der Waals surface area (Å²) in [6.07, 6.45) is 0. The molecule has 2 aromatic rings. The molecule has 0 amide bonds. The normalized spacial score (nSPS) is 11.4. The zero-order valence-electron chi connectivity index (χ0n) is 11.1. The highest BCUT2D eigenvalue weighted by molar-refractivity contribution is 7.90. The Kier molecular flexibility index (Phi) is 4.13. The van der Waals surface area contributed by atoms with Crippen molar-refractivity contribution in [2.75, 3.05) is 12.8 Å². The van der Waals surface area contributed by atoms with E-state index in [0.717, 1.165) is 12.1 Å². The Balaban J connectivity index is 2.37. The number of hydrogen-bond acceptors (Lipinski definition) is 4. The van der Waals surface area contributed by atoms with Gasteiger partial charge in [0.1, 0.15) is 22.3 Å². The molecule has 0 aromatic heterocycles. The summed E-state index contributed by atoms with van der Waals surface area (Å²) in [5.41, 5.74) is 6.32. The first-order valence-electron chi connectivity index (χ1n) is 5.93. The maximum atomic E-state index is 13.6. The van der Waals surface area contributed by atoms with Crippen LogP contribution in [0.1, 0.15) is 5.56 Å². The molecule has 0 saturated heterocycles. The molecule has 2 rings (SSSR count). The summed E-state index contributed by atoms with van der Waals surface area (Å²) in [7, 11) is -2.58. The van der Waals surface area contributed by atoms with Crippen molar-refractivity contribution < 1.29 is 21.9 Å². The van der Waals surface area contributed by atoms with Crippen molar-refractivity contribution in [2.45, 2.75) is 10.6 Å². The monoisotopic (exact) mass is 313 g/mol. The van der Waals surface area contributed by atoms with Gasteiger partial charge in [0.25, 0.3) is 0 Å². The Labute approximate surface area is 121 Å². The van der Waals surface area contributed by atoms with Crippen LogP contribution >= 0.6 is 0 Å². The largest absolute Gasteiger partial charge is 0.495 e. The number of rotatable bonds is 4. The molecule has 4 nitrogen and oxygen atoms in total. The lowest BCUT2D eigenvalue weighted by atomic mass is 10.2. The van der Waals surface area contributed by atoms with Gasteiger partial charge in [-0.05, 0) is 35.9 Å². The van der Waals surface area contributed by atoms with Crippen molar-refractivity contribution >= 4 is 15.5 Å². The molecule has 0 heterocycles. The SMILES string of the molecule is COc1ccc(CS(=O)(=O)c2cc(F)ccc2F)cc1N. The minimum Gasteiger partial charge on any atom is -0.495 e. The van der Waals surface area contributed by atoms with Crippen molar-refractivity contribution in [2.24, 2.45) is 0 Å². The van der Waals surface area contributed by atoms with Crippen molar-refractivity contribution in [1.29, 1.82) is 0 Å². The number of anilines is 1. The van der Waals surface area contributed by atoms with Gasteiger partial charge in [-0.25, -0.2) is 17.2 Å². The van der Waals surface area contributed by atoms with Gasteiger partial charge in [0.05, 0.1) is 18.6 Å². The molecule has 0 saturated carbocycles. The topological polar surface area (TPSA) is 69.4 Å². The number of methoxy groups -OCH3 is 1. The Morgan fingerprint density at radius 3 is 2.48 bits per heavy atom. The number of benzene rings is 2. The number of sulfone groups is 1. The van der Waals surface area contributed by atoms with E-state index in [-0.39, 0.29) is 5.69 Å². The van der Waals surface area contributed by atoms with Crippen LogP contribution in [0, 0.1) is 11.6 Å². The zero-order chi connectivity index (χ0) is 15.6. The van der Waals surface area contributed by atoms with Crippen molar-refractivity contribution in [3.8, 4) is 5.75 Å². The van der Waals surface area contributed by atoms with Crippen LogP contribution < -0.4 is 10.5 Å². The van der Waals surface area contributed by atoms with E-state index < -0.39 is 32.1 Å². The highest BCUT2D eigenvalue weighted by atomic mass is 32.2. The third-order valence-corrected chi connectivity index (χ3v) is 4.58. The third-order valence-electron chi connectivity index (χ3n) is 2.88. The van der Waals surface area contributed by atoms with E-state index in [9.17, 15) is 17.2 Å². The first-order chi connectivity index (χ1) is 9.83. The first kappa shape index (κ1) is 15.2. The quantitative estimate of drug-likeness (QED) is 0.881. The summed E-state index contributed by atoms with van der Waals surface area (Å²) in [5.74, 6) is -1.88. The molecule has 112 valence electrons. The van der Waals surface area contributed by atoms with Crippen LogP contribution in [-0.2, 0) is 15.6 Å². The van der Waals surface area contributed by atoms with Gasteiger partial charge in [0.2, 0.25) is 0 Å². The van der Waals surface area contributed by atoms with Crippen molar-refractivity contribution in [3.63, 3.8) is 0 Å². The number of ether oxygens (including phenoxy) is 1. The van der Waals surface area contributed by atoms with E-state index in [1.54, 1.807) is 0 Å². The summed E-state index contributed by atoms with van der Waals surface area (Å²) in [5, 5.41) is 0. The zero-order valence-corrected chi connectivity index (χ0v) is 12.0. The van der Waals surface area contributed by atoms with Crippen LogP contribution in [0.4, 0.5) is 14.5 Å². The maximum Gasteiger partial charge on any atom is 0.185 e. The fraction of sp³-hybridized carbons (Fsp3) is 0.143. The molecule has 0 unspecified atom stereocenters. The molecule has 0 bridgehead atoms. The lowest BCUT2D eigenvalue weighted by Gasteiger charge is -2.09. The Hall–Kier alpha value is -2.15. The number of nitrogen functional groups attached to an aromatic ring is 1. The van der Waals surface area contributed by atoms with Gasteiger partial charge in [-0.15, -0.1) is 0 Å². The standard InChI is InChI=1S/C14H13F2NO3S/c1-20-13-5-2-9(6-12(13)17)8-21(18,19)14-7-10(15)3-4-11(14)16/h2-7H,8,17H2,1H3. The molecule has 0 aliphatic heterocycles. The van der Waals surface area contributed by atoms with E-state index in [1.807, 2.05) is 0 Å². The summed E-state index contributed by atoms with van der Waals surface area (Å²) in [6, 6.07) is 6.75. The Morgan fingerprint density at radius 1 is 1.14 bits per heavy atom. The summed E-state index contributed by atoms with van der Waals surface area (Å²) >= 11 is 0. The van der Waals surface area contributed by atoms with Gasteiger partial charge < -0.3 is 10.5 Å². The molecule has 21 heavy (non-hydrogen) atoms. The molecule has 0 atom stereocenters. The first-order valence-corrected chi connectivity index (χ1v) is 7.59. The van der Waals surface area contributed by atoms with E-state index in [2.05, 4.69) is 0 Å². The average molecular weight is 313 g/mol. The number of halogens is 2. The lowest BCUT2D eigenvalue weighted by molar-refractivity contribution is 0.417. The predicted molar refractivity (Wildman–Crippen MR) is 74.7 cm³/mol. The van der Waals surface area contributed by atoms with Gasteiger partial charge >= 0.3 is 0 Å². The summed E-state index contributed by atoms with van der Waals surface area (Å²) in [6.45, 7) is 0. The average Bonchev–Trinajstić information content (AvgIpc) is 2.41. The molecule has 2 aromatic carbocycles. The van der Waals surface area contributed by atoms with E-state index in [4.69, 9.17) is 10.5 Å². The third kappa shape index (κ3) is 3.30. The van der Waals surface area contributed by atoms with Crippen molar-refractivity contribution in [3.05, 3.63) is 53.6 Å². The number of hydrogen-bond donors (Lipinski definition) is 1.